The Kier molecular flexibility index (Phi) is 4.67. The van der Waals surface area contributed by atoms with Gasteiger partial charge in [-0.15, -0.1) is 0 Å². The second-order valence-electron chi connectivity index (χ2n) is 5.05. The second-order valence-corrected chi connectivity index (χ2v) is 5.05. The number of nitro benzene ring substituents is 1. The monoisotopic (exact) mass is 337 g/mol. The number of aromatic nitrogens is 2. The summed E-state index contributed by atoms with van der Waals surface area (Å²) in [6.45, 7) is 4.70. The van der Waals surface area contributed by atoms with Crippen LogP contribution in [-0.4, -0.2) is 39.4 Å². The summed E-state index contributed by atoms with van der Waals surface area (Å²) < 4.78 is 14.8. The molecule has 1 aromatic carbocycles. The molecular formula is C14H15N3O7. The minimum Gasteiger partial charge on any atom is -0.499 e. The molecule has 24 heavy (non-hydrogen) atoms. The number of aromatic hydroxyl groups is 1. The standard InChI is InChI=1S/C14H15N3O7/c1-6(2)23-14(19)10-8(13-15-7(3)24-16-13)5-9(22-4)12(18)11(10)17(20)21/h5-6,18H,1-4H3. The van der Waals surface area contributed by atoms with Gasteiger partial charge in [-0.2, -0.15) is 4.98 Å². The number of nitrogens with zero attached hydrogens (tertiary/aromatic N) is 3. The molecule has 0 aliphatic heterocycles. The number of ether oxygens (including phenoxy) is 2. The van der Waals surface area contributed by atoms with Gasteiger partial charge in [0.25, 0.3) is 0 Å². The molecule has 0 aliphatic rings. The van der Waals surface area contributed by atoms with Crippen molar-refractivity contribution in [3.05, 3.63) is 27.6 Å². The van der Waals surface area contributed by atoms with E-state index in [9.17, 15) is 20.0 Å². The number of carbonyl (C=O) groups excluding carboxylic acids is 1. The molecule has 0 saturated carbocycles. The topological polar surface area (TPSA) is 138 Å². The number of benzene rings is 1. The van der Waals surface area contributed by atoms with Crippen LogP contribution in [-0.2, 0) is 4.74 Å². The van der Waals surface area contributed by atoms with E-state index in [-0.39, 0.29) is 23.0 Å². The van der Waals surface area contributed by atoms with Crippen LogP contribution < -0.4 is 4.74 Å². The zero-order valence-electron chi connectivity index (χ0n) is 13.4. The maximum absolute atomic E-state index is 12.4. The first-order chi connectivity index (χ1) is 11.3. The fourth-order valence-electron chi connectivity index (χ4n) is 2.03. The third-order valence-corrected chi connectivity index (χ3v) is 2.96. The van der Waals surface area contributed by atoms with Gasteiger partial charge in [-0.1, -0.05) is 5.16 Å². The lowest BCUT2D eigenvalue weighted by molar-refractivity contribution is -0.386. The van der Waals surface area contributed by atoms with Crippen LogP contribution in [0.4, 0.5) is 5.69 Å². The van der Waals surface area contributed by atoms with Gasteiger partial charge in [-0.05, 0) is 19.9 Å². The van der Waals surface area contributed by atoms with Gasteiger partial charge < -0.3 is 19.1 Å². The summed E-state index contributed by atoms with van der Waals surface area (Å²) in [6.07, 6.45) is -0.527. The molecule has 2 rings (SSSR count). The number of methoxy groups -OCH3 is 1. The summed E-state index contributed by atoms with van der Waals surface area (Å²) in [6, 6.07) is 1.21. The molecular weight excluding hydrogens is 322 g/mol. The lowest BCUT2D eigenvalue weighted by atomic mass is 10.0. The minimum absolute atomic E-state index is 0.0427. The average molecular weight is 337 g/mol. The van der Waals surface area contributed by atoms with Crippen molar-refractivity contribution < 1.29 is 28.8 Å². The summed E-state index contributed by atoms with van der Waals surface area (Å²) in [5, 5.41) is 25.1. The number of carbonyl (C=O) groups is 1. The van der Waals surface area contributed by atoms with Crippen LogP contribution in [0.3, 0.4) is 0 Å². The zero-order chi connectivity index (χ0) is 18.0. The van der Waals surface area contributed by atoms with Crippen LogP contribution in [0, 0.1) is 17.0 Å². The predicted molar refractivity (Wildman–Crippen MR) is 79.9 cm³/mol. The fourth-order valence-corrected chi connectivity index (χ4v) is 2.03. The van der Waals surface area contributed by atoms with Crippen LogP contribution >= 0.6 is 0 Å². The van der Waals surface area contributed by atoms with Crippen molar-refractivity contribution in [1.82, 2.24) is 10.1 Å². The highest BCUT2D eigenvalue weighted by Crippen LogP contribution is 2.44. The maximum atomic E-state index is 12.4. The molecule has 0 aliphatic carbocycles. The Balaban J connectivity index is 2.82. The van der Waals surface area contributed by atoms with E-state index in [1.807, 2.05) is 0 Å². The van der Waals surface area contributed by atoms with Crippen molar-refractivity contribution in [3.63, 3.8) is 0 Å². The first-order valence-electron chi connectivity index (χ1n) is 6.86. The maximum Gasteiger partial charge on any atom is 0.346 e. The number of phenolic OH excluding ortho intramolecular Hbond substituents is 1. The summed E-state index contributed by atoms with van der Waals surface area (Å²) >= 11 is 0. The van der Waals surface area contributed by atoms with Crippen molar-refractivity contribution in [2.45, 2.75) is 26.9 Å². The molecule has 0 radical (unpaired) electrons. The molecule has 0 spiro atoms. The Labute approximate surface area is 136 Å². The largest absolute Gasteiger partial charge is 0.499 e. The molecule has 10 nitrogen and oxygen atoms in total. The van der Waals surface area contributed by atoms with Crippen LogP contribution in [0.2, 0.25) is 0 Å². The smallest absolute Gasteiger partial charge is 0.346 e. The third-order valence-electron chi connectivity index (χ3n) is 2.96. The molecule has 1 N–H and O–H groups in total. The number of hydrogen-bond donors (Lipinski definition) is 1. The fraction of sp³-hybridized carbons (Fsp3) is 0.357. The molecule has 128 valence electrons. The Bertz CT molecular complexity index is 798. The van der Waals surface area contributed by atoms with E-state index in [2.05, 4.69) is 10.1 Å². The van der Waals surface area contributed by atoms with Crippen molar-refractivity contribution in [3.8, 4) is 22.9 Å². The molecule has 2 aromatic rings. The molecule has 10 heteroatoms. The van der Waals surface area contributed by atoms with E-state index in [1.165, 1.54) is 20.1 Å². The normalized spacial score (nSPS) is 10.7. The van der Waals surface area contributed by atoms with E-state index in [1.54, 1.807) is 13.8 Å². The average Bonchev–Trinajstić information content (AvgIpc) is 2.91. The predicted octanol–water partition coefficient (Wildman–Crippen LogP) is 2.23. The van der Waals surface area contributed by atoms with E-state index < -0.39 is 34.0 Å². The van der Waals surface area contributed by atoms with E-state index in [0.29, 0.717) is 0 Å². The number of esters is 1. The minimum atomic E-state index is -0.993. The van der Waals surface area contributed by atoms with Gasteiger partial charge in [0, 0.05) is 12.5 Å². The Morgan fingerprint density at radius 1 is 1.46 bits per heavy atom. The number of aryl methyl sites for hydroxylation is 1. The summed E-state index contributed by atoms with van der Waals surface area (Å²) in [4.78, 5) is 26.8. The van der Waals surface area contributed by atoms with Crippen molar-refractivity contribution in [1.29, 1.82) is 0 Å². The quantitative estimate of drug-likeness (QED) is 0.494. The lowest BCUT2D eigenvalue weighted by Crippen LogP contribution is -2.15. The van der Waals surface area contributed by atoms with Gasteiger partial charge in [0.2, 0.25) is 17.5 Å². The summed E-state index contributed by atoms with van der Waals surface area (Å²) in [5.74, 6) is -1.86. The van der Waals surface area contributed by atoms with Crippen LogP contribution in [0.15, 0.2) is 10.6 Å². The number of rotatable bonds is 5. The molecule has 1 heterocycles. The molecule has 0 unspecified atom stereocenters. The number of hydrogen-bond acceptors (Lipinski definition) is 9. The first-order valence-corrected chi connectivity index (χ1v) is 6.86. The lowest BCUT2D eigenvalue weighted by Gasteiger charge is -2.13. The second kappa shape index (κ2) is 6.52. The molecule has 0 fully saturated rings. The number of nitro groups is 1. The van der Waals surface area contributed by atoms with Gasteiger partial charge >= 0.3 is 11.7 Å². The van der Waals surface area contributed by atoms with E-state index in [0.717, 1.165) is 0 Å². The van der Waals surface area contributed by atoms with Gasteiger partial charge in [0.15, 0.2) is 11.3 Å². The zero-order valence-corrected chi connectivity index (χ0v) is 13.4. The van der Waals surface area contributed by atoms with Crippen LogP contribution in [0.5, 0.6) is 11.5 Å². The van der Waals surface area contributed by atoms with Crippen molar-refractivity contribution in [2.24, 2.45) is 0 Å². The molecule has 0 atom stereocenters. The van der Waals surface area contributed by atoms with Gasteiger partial charge in [0.1, 0.15) is 0 Å². The Hall–Kier alpha value is -3.17. The third kappa shape index (κ3) is 3.12. The highest BCUT2D eigenvalue weighted by Gasteiger charge is 2.35. The Morgan fingerprint density at radius 2 is 2.12 bits per heavy atom. The van der Waals surface area contributed by atoms with Gasteiger partial charge in [-0.25, -0.2) is 4.79 Å². The summed E-state index contributed by atoms with van der Waals surface area (Å²) in [5.41, 5.74) is -1.37. The summed E-state index contributed by atoms with van der Waals surface area (Å²) in [7, 11) is 1.22. The first kappa shape index (κ1) is 17.2. The SMILES string of the molecule is COc1cc(-c2noc(C)n2)c(C(=O)OC(C)C)c([N+](=O)[O-])c1O. The highest BCUT2D eigenvalue weighted by atomic mass is 16.6. The van der Waals surface area contributed by atoms with E-state index >= 15 is 0 Å². The van der Waals surface area contributed by atoms with Crippen LogP contribution in [0.25, 0.3) is 11.4 Å². The number of phenols is 1. The molecule has 0 amide bonds. The molecule has 0 saturated heterocycles. The van der Waals surface area contributed by atoms with Gasteiger partial charge in [-0.3, -0.25) is 10.1 Å². The van der Waals surface area contributed by atoms with Crippen LogP contribution in [0.1, 0.15) is 30.1 Å². The van der Waals surface area contributed by atoms with E-state index in [4.69, 9.17) is 14.0 Å². The highest BCUT2D eigenvalue weighted by molar-refractivity contribution is 6.02. The Morgan fingerprint density at radius 3 is 2.58 bits per heavy atom. The van der Waals surface area contributed by atoms with Crippen molar-refractivity contribution in [2.75, 3.05) is 7.11 Å². The van der Waals surface area contributed by atoms with Gasteiger partial charge in [0.05, 0.1) is 18.1 Å². The van der Waals surface area contributed by atoms with Crippen molar-refractivity contribution >= 4 is 11.7 Å². The molecule has 1 aromatic heterocycles. The molecule has 0 bridgehead atoms.